The van der Waals surface area contributed by atoms with Gasteiger partial charge in [-0.3, -0.25) is 0 Å². The van der Waals surface area contributed by atoms with Crippen LogP contribution in [0.25, 0.3) is 0 Å². The van der Waals surface area contributed by atoms with Crippen molar-refractivity contribution in [3.63, 3.8) is 0 Å². The lowest BCUT2D eigenvalue weighted by atomic mass is 10.0. The van der Waals surface area contributed by atoms with Crippen LogP contribution in [0.3, 0.4) is 0 Å². The maximum Gasteiger partial charge on any atom is 0.410 e. The van der Waals surface area contributed by atoms with Gasteiger partial charge in [0.25, 0.3) is 0 Å². The van der Waals surface area contributed by atoms with Crippen molar-refractivity contribution in [1.82, 2.24) is 4.90 Å². The van der Waals surface area contributed by atoms with Gasteiger partial charge in [0.05, 0.1) is 0 Å². The second-order valence-corrected chi connectivity index (χ2v) is 5.45. The first-order valence-electron chi connectivity index (χ1n) is 6.82. The molecule has 1 fully saturated rings. The zero-order valence-electron chi connectivity index (χ0n) is 11.6. The van der Waals surface area contributed by atoms with Crippen molar-refractivity contribution >= 4 is 6.09 Å². The van der Waals surface area contributed by atoms with E-state index in [9.17, 15) is 4.79 Å². The van der Waals surface area contributed by atoms with E-state index in [2.05, 4.69) is 26.0 Å². The van der Waals surface area contributed by atoms with Gasteiger partial charge in [-0.1, -0.05) is 38.1 Å². The van der Waals surface area contributed by atoms with Gasteiger partial charge in [-0.05, 0) is 23.5 Å². The lowest BCUT2D eigenvalue weighted by molar-refractivity contribution is 0.104. The van der Waals surface area contributed by atoms with Crippen molar-refractivity contribution < 1.29 is 9.53 Å². The predicted molar refractivity (Wildman–Crippen MR) is 74.9 cm³/mol. The molecule has 4 nitrogen and oxygen atoms in total. The van der Waals surface area contributed by atoms with Gasteiger partial charge in [0.1, 0.15) is 6.61 Å². The first kappa shape index (κ1) is 13.9. The number of nitrogens with two attached hydrogens (primary N) is 1. The smallest absolute Gasteiger partial charge is 0.410 e. The SMILES string of the molecule is CC(C)c1ccc(COC(=O)N2CCC(N)C2)cc1. The van der Waals surface area contributed by atoms with Crippen molar-refractivity contribution in [3.05, 3.63) is 35.4 Å². The number of rotatable bonds is 3. The molecule has 0 aliphatic carbocycles. The van der Waals surface area contributed by atoms with Crippen LogP contribution in [0.2, 0.25) is 0 Å². The second-order valence-electron chi connectivity index (χ2n) is 5.45. The standard InChI is InChI=1S/C15H22N2O2/c1-11(2)13-5-3-12(4-6-13)10-19-15(18)17-8-7-14(16)9-17/h3-6,11,14H,7-10,16H2,1-2H3. The molecule has 1 aromatic rings. The highest BCUT2D eigenvalue weighted by molar-refractivity contribution is 5.68. The monoisotopic (exact) mass is 262 g/mol. The molecule has 1 heterocycles. The Morgan fingerprint density at radius 3 is 2.63 bits per heavy atom. The molecule has 1 aliphatic heterocycles. The van der Waals surface area contributed by atoms with E-state index in [4.69, 9.17) is 10.5 Å². The number of benzene rings is 1. The number of amides is 1. The van der Waals surface area contributed by atoms with Crippen LogP contribution in [0.1, 0.15) is 37.3 Å². The van der Waals surface area contributed by atoms with Crippen LogP contribution in [0.4, 0.5) is 4.79 Å². The maximum atomic E-state index is 11.8. The third kappa shape index (κ3) is 3.70. The lowest BCUT2D eigenvalue weighted by Gasteiger charge is -2.15. The Kier molecular flexibility index (Phi) is 4.43. The molecule has 1 saturated heterocycles. The average Bonchev–Trinajstić information content (AvgIpc) is 2.83. The van der Waals surface area contributed by atoms with Crippen LogP contribution < -0.4 is 5.73 Å². The maximum absolute atomic E-state index is 11.8. The molecule has 0 spiro atoms. The summed E-state index contributed by atoms with van der Waals surface area (Å²) >= 11 is 0. The van der Waals surface area contributed by atoms with E-state index < -0.39 is 0 Å². The van der Waals surface area contributed by atoms with Crippen molar-refractivity contribution in [2.45, 2.75) is 38.8 Å². The van der Waals surface area contributed by atoms with E-state index in [1.165, 1.54) is 5.56 Å². The molecular formula is C15H22N2O2. The van der Waals surface area contributed by atoms with Crippen LogP contribution in [0.15, 0.2) is 24.3 Å². The summed E-state index contributed by atoms with van der Waals surface area (Å²) < 4.78 is 5.29. The number of likely N-dealkylation sites (tertiary alicyclic amines) is 1. The molecule has 0 bridgehead atoms. The first-order valence-corrected chi connectivity index (χ1v) is 6.82. The van der Waals surface area contributed by atoms with Gasteiger partial charge in [0, 0.05) is 19.1 Å². The number of hydrogen-bond acceptors (Lipinski definition) is 3. The van der Waals surface area contributed by atoms with E-state index in [0.29, 0.717) is 25.6 Å². The molecule has 104 valence electrons. The fourth-order valence-corrected chi connectivity index (χ4v) is 2.19. The van der Waals surface area contributed by atoms with E-state index in [1.807, 2.05) is 12.1 Å². The molecule has 2 N–H and O–H groups in total. The van der Waals surface area contributed by atoms with Gasteiger partial charge < -0.3 is 15.4 Å². The molecule has 1 aliphatic rings. The van der Waals surface area contributed by atoms with Crippen molar-refractivity contribution in [2.24, 2.45) is 5.73 Å². The van der Waals surface area contributed by atoms with E-state index >= 15 is 0 Å². The first-order chi connectivity index (χ1) is 9.06. The Morgan fingerprint density at radius 2 is 2.11 bits per heavy atom. The number of ether oxygens (including phenoxy) is 1. The number of carbonyl (C=O) groups excluding carboxylic acids is 1. The number of hydrogen-bond donors (Lipinski definition) is 1. The third-order valence-corrected chi connectivity index (χ3v) is 3.49. The molecule has 0 saturated carbocycles. The third-order valence-electron chi connectivity index (χ3n) is 3.49. The largest absolute Gasteiger partial charge is 0.445 e. The summed E-state index contributed by atoms with van der Waals surface area (Å²) in [6.07, 6.45) is 0.596. The van der Waals surface area contributed by atoms with Crippen LogP contribution >= 0.6 is 0 Å². The molecule has 2 rings (SSSR count). The second kappa shape index (κ2) is 6.06. The van der Waals surface area contributed by atoms with E-state index in [0.717, 1.165) is 12.0 Å². The zero-order chi connectivity index (χ0) is 13.8. The minimum absolute atomic E-state index is 0.0953. The Balaban J connectivity index is 1.83. The molecule has 1 atom stereocenters. The Labute approximate surface area is 114 Å². The average molecular weight is 262 g/mol. The van der Waals surface area contributed by atoms with Gasteiger partial charge in [-0.2, -0.15) is 0 Å². The van der Waals surface area contributed by atoms with Gasteiger partial charge in [0.2, 0.25) is 0 Å². The predicted octanol–water partition coefficient (Wildman–Crippen LogP) is 2.48. The number of carbonyl (C=O) groups is 1. The van der Waals surface area contributed by atoms with Crippen LogP contribution in [0, 0.1) is 0 Å². The lowest BCUT2D eigenvalue weighted by Crippen LogP contribution is -2.32. The highest BCUT2D eigenvalue weighted by Crippen LogP contribution is 2.15. The fourth-order valence-electron chi connectivity index (χ4n) is 2.19. The van der Waals surface area contributed by atoms with Crippen molar-refractivity contribution in [3.8, 4) is 0 Å². The minimum atomic E-state index is -0.263. The fraction of sp³-hybridized carbons (Fsp3) is 0.533. The van der Waals surface area contributed by atoms with Crippen LogP contribution in [-0.4, -0.2) is 30.1 Å². The zero-order valence-corrected chi connectivity index (χ0v) is 11.6. The molecule has 4 heteroatoms. The van der Waals surface area contributed by atoms with E-state index in [1.54, 1.807) is 4.90 Å². The van der Waals surface area contributed by atoms with Crippen LogP contribution in [-0.2, 0) is 11.3 Å². The van der Waals surface area contributed by atoms with E-state index in [-0.39, 0.29) is 12.1 Å². The van der Waals surface area contributed by atoms with Gasteiger partial charge in [-0.15, -0.1) is 0 Å². The van der Waals surface area contributed by atoms with Crippen LogP contribution in [0.5, 0.6) is 0 Å². The highest BCUT2D eigenvalue weighted by Gasteiger charge is 2.24. The summed E-state index contributed by atoms with van der Waals surface area (Å²) in [6.45, 7) is 5.94. The Hall–Kier alpha value is -1.55. The molecule has 19 heavy (non-hydrogen) atoms. The van der Waals surface area contributed by atoms with Gasteiger partial charge in [0.15, 0.2) is 0 Å². The summed E-state index contributed by atoms with van der Waals surface area (Å²) in [7, 11) is 0. The summed E-state index contributed by atoms with van der Waals surface area (Å²) in [6, 6.07) is 8.29. The van der Waals surface area contributed by atoms with Crippen molar-refractivity contribution in [2.75, 3.05) is 13.1 Å². The topological polar surface area (TPSA) is 55.6 Å². The van der Waals surface area contributed by atoms with Crippen molar-refractivity contribution in [1.29, 1.82) is 0 Å². The van der Waals surface area contributed by atoms with Gasteiger partial charge in [-0.25, -0.2) is 4.79 Å². The Morgan fingerprint density at radius 1 is 1.42 bits per heavy atom. The highest BCUT2D eigenvalue weighted by atomic mass is 16.6. The molecule has 1 aromatic carbocycles. The normalized spacial score (nSPS) is 18.9. The summed E-state index contributed by atoms with van der Waals surface area (Å²) in [4.78, 5) is 13.5. The quantitative estimate of drug-likeness (QED) is 0.910. The minimum Gasteiger partial charge on any atom is -0.445 e. The molecular weight excluding hydrogens is 240 g/mol. The molecule has 0 radical (unpaired) electrons. The summed E-state index contributed by atoms with van der Waals surface area (Å²) in [5.41, 5.74) is 8.07. The Bertz CT molecular complexity index is 428. The molecule has 0 aromatic heterocycles. The summed E-state index contributed by atoms with van der Waals surface area (Å²) in [5.74, 6) is 0.516. The van der Waals surface area contributed by atoms with Gasteiger partial charge >= 0.3 is 6.09 Å². The number of nitrogens with zero attached hydrogens (tertiary/aromatic N) is 1. The molecule has 1 unspecified atom stereocenters. The molecule has 1 amide bonds. The summed E-state index contributed by atoms with van der Waals surface area (Å²) in [5, 5.41) is 0.